The van der Waals surface area contributed by atoms with Crippen molar-refractivity contribution in [2.24, 2.45) is 5.73 Å². The van der Waals surface area contributed by atoms with Gasteiger partial charge in [-0.05, 0) is 65.9 Å². The lowest BCUT2D eigenvalue weighted by Crippen LogP contribution is -2.65. The highest BCUT2D eigenvalue weighted by molar-refractivity contribution is 5.98. The van der Waals surface area contributed by atoms with Crippen LogP contribution in [0.4, 0.5) is 4.79 Å². The van der Waals surface area contributed by atoms with E-state index in [0.29, 0.717) is 19.3 Å². The number of rotatable bonds is 10. The maximum absolute atomic E-state index is 14.3. The Morgan fingerprint density at radius 1 is 1.00 bits per heavy atom. The van der Waals surface area contributed by atoms with E-state index in [4.69, 9.17) is 10.5 Å². The zero-order valence-corrected chi connectivity index (χ0v) is 25.5. The fourth-order valence-corrected chi connectivity index (χ4v) is 5.81. The molecule has 2 fully saturated rings. The summed E-state index contributed by atoms with van der Waals surface area (Å²) >= 11 is 0. The first-order valence-electron chi connectivity index (χ1n) is 14.7. The van der Waals surface area contributed by atoms with Crippen LogP contribution in [-0.4, -0.2) is 104 Å². The van der Waals surface area contributed by atoms with Crippen LogP contribution in [0.25, 0.3) is 0 Å². The predicted octanol–water partition coefficient (Wildman–Crippen LogP) is 0.206. The minimum Gasteiger partial charge on any atom is -0.444 e. The van der Waals surface area contributed by atoms with E-state index in [0.717, 1.165) is 5.56 Å². The number of hydrogen-bond acceptors (Lipinski definition) is 8. The molecule has 1 aromatic carbocycles. The Morgan fingerprint density at radius 2 is 1.63 bits per heavy atom. The van der Waals surface area contributed by atoms with Gasteiger partial charge in [-0.3, -0.25) is 19.2 Å². The number of nitrogens with two attached hydrogens (primary N) is 1. The first kappa shape index (κ1) is 33.8. The van der Waals surface area contributed by atoms with Gasteiger partial charge in [-0.2, -0.15) is 0 Å². The van der Waals surface area contributed by atoms with E-state index in [1.807, 2.05) is 30.3 Å². The van der Waals surface area contributed by atoms with Crippen LogP contribution < -0.4 is 16.4 Å². The summed E-state index contributed by atoms with van der Waals surface area (Å²) in [4.78, 5) is 69.2. The molecule has 1 aromatic rings. The van der Waals surface area contributed by atoms with E-state index in [1.165, 1.54) is 23.6 Å². The van der Waals surface area contributed by atoms with Gasteiger partial charge in [0.15, 0.2) is 0 Å². The van der Waals surface area contributed by atoms with E-state index in [1.54, 1.807) is 20.8 Å². The molecule has 43 heavy (non-hydrogen) atoms. The van der Waals surface area contributed by atoms with E-state index in [2.05, 4.69) is 10.6 Å². The minimum atomic E-state index is -1.42. The van der Waals surface area contributed by atoms with Crippen LogP contribution in [0.3, 0.4) is 0 Å². The first-order valence-corrected chi connectivity index (χ1v) is 14.7. The van der Waals surface area contributed by atoms with Gasteiger partial charge in [-0.25, -0.2) is 4.79 Å². The number of benzene rings is 1. The molecule has 2 heterocycles. The molecule has 0 saturated carbocycles. The van der Waals surface area contributed by atoms with Gasteiger partial charge in [0, 0.05) is 19.5 Å². The molecule has 238 valence electrons. The average molecular weight is 604 g/mol. The van der Waals surface area contributed by atoms with E-state index >= 15 is 0 Å². The van der Waals surface area contributed by atoms with Crippen molar-refractivity contribution in [2.45, 2.75) is 108 Å². The van der Waals surface area contributed by atoms with Gasteiger partial charge in [0.1, 0.15) is 29.3 Å². The Kier molecular flexibility index (Phi) is 10.8. The smallest absolute Gasteiger partial charge is 0.408 e. The normalized spacial score (nSPS) is 23.2. The van der Waals surface area contributed by atoms with Crippen LogP contribution in [0.15, 0.2) is 30.3 Å². The van der Waals surface area contributed by atoms with Gasteiger partial charge in [0.05, 0.1) is 12.2 Å². The first-order chi connectivity index (χ1) is 20.1. The number of carbonyl (C=O) groups excluding carboxylic acids is 5. The number of hydrogen-bond donors (Lipinski definition) is 5. The molecule has 1 unspecified atom stereocenters. The number of ether oxygens (including phenoxy) is 1. The summed E-state index contributed by atoms with van der Waals surface area (Å²) in [5.41, 5.74) is 3.98. The molecule has 2 aliphatic rings. The molecule has 5 amide bonds. The van der Waals surface area contributed by atoms with Crippen LogP contribution >= 0.6 is 0 Å². The Balaban J connectivity index is 1.93. The van der Waals surface area contributed by atoms with Crippen molar-refractivity contribution < 1.29 is 38.9 Å². The number of nitrogens with zero attached hydrogens (tertiary/aromatic N) is 2. The van der Waals surface area contributed by atoms with Crippen molar-refractivity contribution in [1.29, 1.82) is 0 Å². The Hall–Kier alpha value is -3.71. The van der Waals surface area contributed by atoms with Crippen molar-refractivity contribution in [2.75, 3.05) is 13.1 Å². The molecular weight excluding hydrogens is 558 g/mol. The molecule has 2 saturated heterocycles. The highest BCUT2D eigenvalue weighted by Gasteiger charge is 2.53. The molecule has 13 nitrogen and oxygen atoms in total. The summed E-state index contributed by atoms with van der Waals surface area (Å²) in [6.45, 7) is 8.14. The van der Waals surface area contributed by atoms with Gasteiger partial charge < -0.3 is 41.1 Å². The lowest BCUT2D eigenvalue weighted by Gasteiger charge is -2.41. The summed E-state index contributed by atoms with van der Waals surface area (Å²) < 4.78 is 5.26. The number of amides is 5. The van der Waals surface area contributed by atoms with Crippen molar-refractivity contribution in [3.05, 3.63) is 35.9 Å². The molecule has 3 rings (SSSR count). The van der Waals surface area contributed by atoms with Gasteiger partial charge in [0.2, 0.25) is 23.6 Å². The Bertz CT molecular complexity index is 1180. The van der Waals surface area contributed by atoms with Gasteiger partial charge in [-0.1, -0.05) is 30.3 Å². The van der Waals surface area contributed by atoms with Crippen LogP contribution in [-0.2, 0) is 30.3 Å². The molecule has 6 atom stereocenters. The van der Waals surface area contributed by atoms with E-state index in [-0.39, 0.29) is 25.9 Å². The number of likely N-dealkylation sites (tertiary alicyclic amines) is 2. The highest BCUT2D eigenvalue weighted by atomic mass is 16.6. The van der Waals surface area contributed by atoms with Gasteiger partial charge in [-0.15, -0.1) is 0 Å². The van der Waals surface area contributed by atoms with Crippen molar-refractivity contribution in [3.8, 4) is 0 Å². The molecule has 0 aliphatic carbocycles. The molecule has 0 spiro atoms. The quantitative estimate of drug-likeness (QED) is 0.251. The fourth-order valence-electron chi connectivity index (χ4n) is 5.81. The van der Waals surface area contributed by atoms with Crippen LogP contribution in [0.5, 0.6) is 0 Å². The van der Waals surface area contributed by atoms with Crippen LogP contribution in [0, 0.1) is 0 Å². The van der Waals surface area contributed by atoms with Crippen molar-refractivity contribution in [3.63, 3.8) is 0 Å². The standard InChI is InChI=1S/C30H45N5O8/c1-18(36)22(24(31)38)32-27(41)30(17-20-11-7-6-8-12-20)14-10-16-35(30)25(39)21-13-9-15-34(21)26(40)23(19(2)37)33-28(42)43-29(3,4)5/h6-8,11-12,18-19,21-23,36-37H,9-10,13-17H2,1-5H3,(H2,31,38)(H,32,41)(H,33,42)/t18-,19-,21+,22+,23+,30?/m1/s1. The SMILES string of the molecule is C[C@@H](O)[C@H](NC(=O)C1(Cc2ccccc2)CCCN1C(=O)[C@@H]1CCCN1C(=O)[C@@H](NC(=O)OC(C)(C)C)[C@@H](C)O)C(N)=O. The largest absolute Gasteiger partial charge is 0.444 e. The third-order valence-corrected chi connectivity index (χ3v) is 7.83. The van der Waals surface area contributed by atoms with Crippen LogP contribution in [0.1, 0.15) is 65.9 Å². The average Bonchev–Trinajstić information content (AvgIpc) is 3.57. The lowest BCUT2D eigenvalue weighted by molar-refractivity contribution is -0.153. The Labute approximate surface area is 252 Å². The number of alkyl carbamates (subject to hydrolysis) is 1. The third-order valence-electron chi connectivity index (χ3n) is 7.83. The van der Waals surface area contributed by atoms with E-state index in [9.17, 15) is 34.2 Å². The second-order valence-electron chi connectivity index (χ2n) is 12.4. The number of primary amides is 1. The summed E-state index contributed by atoms with van der Waals surface area (Å²) in [5, 5.41) is 25.5. The van der Waals surface area contributed by atoms with E-state index < -0.39 is 71.2 Å². The molecule has 13 heteroatoms. The number of carbonyl (C=O) groups is 5. The third kappa shape index (κ3) is 8.02. The van der Waals surface area contributed by atoms with Crippen molar-refractivity contribution in [1.82, 2.24) is 20.4 Å². The molecule has 0 aromatic heterocycles. The van der Waals surface area contributed by atoms with Gasteiger partial charge >= 0.3 is 6.09 Å². The second-order valence-corrected chi connectivity index (χ2v) is 12.4. The molecule has 0 bridgehead atoms. The Morgan fingerprint density at radius 3 is 2.19 bits per heavy atom. The van der Waals surface area contributed by atoms with Crippen LogP contribution in [0.2, 0.25) is 0 Å². The maximum atomic E-state index is 14.3. The number of aliphatic hydroxyl groups is 2. The predicted molar refractivity (Wildman–Crippen MR) is 156 cm³/mol. The fraction of sp³-hybridized carbons (Fsp3) is 0.633. The molecular formula is C30H45N5O8. The topological polar surface area (TPSA) is 192 Å². The summed E-state index contributed by atoms with van der Waals surface area (Å²) in [6.07, 6.45) is -1.71. The second kappa shape index (κ2) is 13.7. The zero-order valence-electron chi connectivity index (χ0n) is 25.5. The summed E-state index contributed by atoms with van der Waals surface area (Å²) in [6, 6.07) is 5.45. The zero-order chi connectivity index (χ0) is 32.1. The molecule has 2 aliphatic heterocycles. The van der Waals surface area contributed by atoms with Gasteiger partial charge in [0.25, 0.3) is 0 Å². The maximum Gasteiger partial charge on any atom is 0.408 e. The lowest BCUT2D eigenvalue weighted by atomic mass is 9.86. The summed E-state index contributed by atoms with van der Waals surface area (Å²) in [5.74, 6) is -2.64. The molecule has 6 N–H and O–H groups in total. The van der Waals surface area contributed by atoms with Crippen molar-refractivity contribution >= 4 is 29.7 Å². The molecule has 0 radical (unpaired) electrons. The highest BCUT2D eigenvalue weighted by Crippen LogP contribution is 2.36. The summed E-state index contributed by atoms with van der Waals surface area (Å²) in [7, 11) is 0. The number of nitrogens with one attached hydrogen (secondary N) is 2. The minimum absolute atomic E-state index is 0.133. The monoisotopic (exact) mass is 603 g/mol. The number of aliphatic hydroxyl groups excluding tert-OH is 2.